The number of amides is 1. The van der Waals surface area contributed by atoms with Crippen LogP contribution in [0.1, 0.15) is 31.1 Å². The first-order chi connectivity index (χ1) is 10.6. The molecule has 0 unspecified atom stereocenters. The van der Waals surface area contributed by atoms with Crippen LogP contribution in [0.3, 0.4) is 0 Å². The summed E-state index contributed by atoms with van der Waals surface area (Å²) in [7, 11) is 1.46. The molecule has 1 aromatic carbocycles. The van der Waals surface area contributed by atoms with Gasteiger partial charge in [-0.15, -0.1) is 0 Å². The van der Waals surface area contributed by atoms with Crippen molar-refractivity contribution >= 4 is 5.91 Å². The number of hydrogen-bond acceptors (Lipinski definition) is 3. The lowest BCUT2D eigenvalue weighted by atomic mass is 10.0. The highest BCUT2D eigenvalue weighted by molar-refractivity contribution is 5.84. The number of carbonyl (C=O) groups is 1. The van der Waals surface area contributed by atoms with Gasteiger partial charge in [0.1, 0.15) is 11.7 Å². The third kappa shape index (κ3) is 4.03. The molecule has 1 heterocycles. The molecule has 1 saturated heterocycles. The number of hydrogen-bond donors (Lipinski definition) is 0. The number of ether oxygens (including phenoxy) is 2. The molecule has 2 rings (SSSR count). The van der Waals surface area contributed by atoms with Crippen LogP contribution in [0.5, 0.6) is 0 Å². The molecule has 128 valence electrons. The first-order valence-electron chi connectivity index (χ1n) is 7.28. The molecule has 1 amide bonds. The van der Waals surface area contributed by atoms with Crippen molar-refractivity contribution in [2.45, 2.75) is 31.7 Å². The van der Waals surface area contributed by atoms with Crippen molar-refractivity contribution in [1.82, 2.24) is 4.90 Å². The molecule has 4 nitrogen and oxygen atoms in total. The number of methoxy groups -OCH3 is 1. The Kier molecular flexibility index (Phi) is 5.01. The normalized spacial score (nSPS) is 19.7. The van der Waals surface area contributed by atoms with E-state index < -0.39 is 23.4 Å². The van der Waals surface area contributed by atoms with E-state index in [1.54, 1.807) is 18.7 Å². The second-order valence-electron chi connectivity index (χ2n) is 5.94. The SMILES string of the molecule is COC(C)(C)C(=O)N1CCO[C@@H](c2ccc(C(F)(F)F)cc2)C1. The largest absolute Gasteiger partial charge is 0.416 e. The van der Waals surface area contributed by atoms with Crippen molar-refractivity contribution in [2.75, 3.05) is 26.8 Å². The smallest absolute Gasteiger partial charge is 0.370 e. The van der Waals surface area contributed by atoms with Gasteiger partial charge in [0, 0.05) is 13.7 Å². The molecule has 0 aliphatic carbocycles. The van der Waals surface area contributed by atoms with Gasteiger partial charge in [0.2, 0.25) is 0 Å². The first kappa shape index (κ1) is 17.7. The molecule has 0 N–H and O–H groups in total. The van der Waals surface area contributed by atoms with Crippen molar-refractivity contribution in [3.63, 3.8) is 0 Å². The molecular weight excluding hydrogens is 311 g/mol. The zero-order valence-electron chi connectivity index (χ0n) is 13.3. The van der Waals surface area contributed by atoms with Crippen molar-refractivity contribution in [2.24, 2.45) is 0 Å². The van der Waals surface area contributed by atoms with E-state index >= 15 is 0 Å². The van der Waals surface area contributed by atoms with Gasteiger partial charge in [-0.1, -0.05) is 12.1 Å². The molecule has 0 aromatic heterocycles. The molecule has 1 aliphatic heterocycles. The zero-order chi connectivity index (χ0) is 17.3. The number of carbonyl (C=O) groups excluding carboxylic acids is 1. The van der Waals surface area contributed by atoms with Gasteiger partial charge in [-0.25, -0.2) is 0 Å². The summed E-state index contributed by atoms with van der Waals surface area (Å²) in [6.07, 6.45) is -4.81. The van der Waals surface area contributed by atoms with Crippen LogP contribution in [-0.2, 0) is 20.4 Å². The number of benzene rings is 1. The Morgan fingerprint density at radius 1 is 1.26 bits per heavy atom. The average molecular weight is 331 g/mol. The third-order valence-electron chi connectivity index (χ3n) is 3.99. The van der Waals surface area contributed by atoms with Crippen LogP contribution in [0.4, 0.5) is 13.2 Å². The topological polar surface area (TPSA) is 38.8 Å². The number of nitrogens with zero attached hydrogens (tertiary/aromatic N) is 1. The average Bonchev–Trinajstić information content (AvgIpc) is 2.53. The van der Waals surface area contributed by atoms with Crippen LogP contribution < -0.4 is 0 Å². The third-order valence-corrected chi connectivity index (χ3v) is 3.99. The molecule has 0 radical (unpaired) electrons. The van der Waals surface area contributed by atoms with Crippen molar-refractivity contribution in [3.05, 3.63) is 35.4 Å². The maximum atomic E-state index is 12.6. The van der Waals surface area contributed by atoms with Gasteiger partial charge in [0.25, 0.3) is 5.91 Å². The van der Waals surface area contributed by atoms with Crippen molar-refractivity contribution < 1.29 is 27.4 Å². The number of halogens is 3. The number of rotatable bonds is 3. The quantitative estimate of drug-likeness (QED) is 0.855. The summed E-state index contributed by atoms with van der Waals surface area (Å²) in [6, 6.07) is 4.84. The van der Waals surface area contributed by atoms with E-state index in [-0.39, 0.29) is 12.5 Å². The molecule has 0 spiro atoms. The van der Waals surface area contributed by atoms with Gasteiger partial charge < -0.3 is 14.4 Å². The number of alkyl halides is 3. The highest BCUT2D eigenvalue weighted by Crippen LogP contribution is 2.31. The maximum absolute atomic E-state index is 12.6. The van der Waals surface area contributed by atoms with E-state index in [1.807, 2.05) is 0 Å². The minimum Gasteiger partial charge on any atom is -0.370 e. The van der Waals surface area contributed by atoms with Crippen LogP contribution in [0.25, 0.3) is 0 Å². The van der Waals surface area contributed by atoms with Gasteiger partial charge in [-0.2, -0.15) is 13.2 Å². The standard InChI is InChI=1S/C16H20F3NO3/c1-15(2,22-3)14(21)20-8-9-23-13(10-20)11-4-6-12(7-5-11)16(17,18)19/h4-7,13H,8-10H2,1-3H3/t13-/m1/s1. The summed E-state index contributed by atoms with van der Waals surface area (Å²) >= 11 is 0. The molecule has 1 aliphatic rings. The molecule has 1 aromatic rings. The summed E-state index contributed by atoms with van der Waals surface area (Å²) in [4.78, 5) is 14.0. The Labute approximate surface area is 133 Å². The fraction of sp³-hybridized carbons (Fsp3) is 0.562. The van der Waals surface area contributed by atoms with E-state index in [4.69, 9.17) is 9.47 Å². The van der Waals surface area contributed by atoms with Gasteiger partial charge in [0.15, 0.2) is 0 Å². The molecule has 1 fully saturated rings. The van der Waals surface area contributed by atoms with Crippen LogP contribution in [0.15, 0.2) is 24.3 Å². The Balaban J connectivity index is 2.11. The molecule has 1 atom stereocenters. The highest BCUT2D eigenvalue weighted by Gasteiger charge is 2.35. The molecular formula is C16H20F3NO3. The summed E-state index contributed by atoms with van der Waals surface area (Å²) in [6.45, 7) is 4.41. The van der Waals surface area contributed by atoms with Crippen LogP contribution in [0, 0.1) is 0 Å². The molecule has 0 bridgehead atoms. The molecule has 7 heteroatoms. The summed E-state index contributed by atoms with van der Waals surface area (Å²) < 4.78 is 48.6. The summed E-state index contributed by atoms with van der Waals surface area (Å²) in [5.41, 5.74) is -1.03. The Morgan fingerprint density at radius 3 is 2.39 bits per heavy atom. The van der Waals surface area contributed by atoms with E-state index in [0.29, 0.717) is 18.7 Å². The minimum absolute atomic E-state index is 0.166. The van der Waals surface area contributed by atoms with Gasteiger partial charge >= 0.3 is 6.18 Å². The molecule has 23 heavy (non-hydrogen) atoms. The van der Waals surface area contributed by atoms with Gasteiger partial charge in [-0.05, 0) is 31.5 Å². The van der Waals surface area contributed by atoms with Crippen molar-refractivity contribution in [3.8, 4) is 0 Å². The lowest BCUT2D eigenvalue weighted by molar-refractivity contribution is -0.158. The fourth-order valence-electron chi connectivity index (χ4n) is 2.39. The Morgan fingerprint density at radius 2 is 1.87 bits per heavy atom. The minimum atomic E-state index is -4.36. The predicted octanol–water partition coefficient (Wildman–Crippen LogP) is 3.03. The van der Waals surface area contributed by atoms with Gasteiger partial charge in [-0.3, -0.25) is 4.79 Å². The van der Waals surface area contributed by atoms with Gasteiger partial charge in [0.05, 0.1) is 18.7 Å². The van der Waals surface area contributed by atoms with E-state index in [0.717, 1.165) is 12.1 Å². The zero-order valence-corrected chi connectivity index (χ0v) is 13.3. The fourth-order valence-corrected chi connectivity index (χ4v) is 2.39. The van der Waals surface area contributed by atoms with E-state index in [2.05, 4.69) is 0 Å². The summed E-state index contributed by atoms with van der Waals surface area (Å²) in [5, 5.41) is 0. The first-order valence-corrected chi connectivity index (χ1v) is 7.28. The lowest BCUT2D eigenvalue weighted by Gasteiger charge is -2.37. The van der Waals surface area contributed by atoms with Crippen LogP contribution in [0.2, 0.25) is 0 Å². The predicted molar refractivity (Wildman–Crippen MR) is 77.8 cm³/mol. The highest BCUT2D eigenvalue weighted by atomic mass is 19.4. The Hall–Kier alpha value is -1.60. The number of morpholine rings is 1. The molecule has 0 saturated carbocycles. The lowest BCUT2D eigenvalue weighted by Crippen LogP contribution is -2.51. The second kappa shape index (κ2) is 6.49. The van der Waals surface area contributed by atoms with Crippen molar-refractivity contribution in [1.29, 1.82) is 0 Å². The summed E-state index contributed by atoms with van der Waals surface area (Å²) in [5.74, 6) is -0.166. The Bertz CT molecular complexity index is 555. The van der Waals surface area contributed by atoms with Crippen LogP contribution >= 0.6 is 0 Å². The van der Waals surface area contributed by atoms with Crippen LogP contribution in [-0.4, -0.2) is 43.2 Å². The van der Waals surface area contributed by atoms with E-state index in [1.165, 1.54) is 19.2 Å². The second-order valence-corrected chi connectivity index (χ2v) is 5.94. The monoisotopic (exact) mass is 331 g/mol. The van der Waals surface area contributed by atoms with E-state index in [9.17, 15) is 18.0 Å². The maximum Gasteiger partial charge on any atom is 0.416 e.